The molecule has 14 heavy (non-hydrogen) atoms. The molecule has 3 nitrogen and oxygen atoms in total. The number of alkyl halides is 1. The zero-order chi connectivity index (χ0) is 11.0. The molecule has 0 aliphatic heterocycles. The summed E-state index contributed by atoms with van der Waals surface area (Å²) in [5.74, 6) is 0. The highest BCUT2D eigenvalue weighted by Crippen LogP contribution is 2.06. The summed E-state index contributed by atoms with van der Waals surface area (Å²) in [5.41, 5.74) is -0.421. The highest BCUT2D eigenvalue weighted by molar-refractivity contribution is 9.09. The highest BCUT2D eigenvalue weighted by Gasteiger charge is 2.14. The maximum Gasteiger partial charge on any atom is 0.407 e. The number of nitrogens with one attached hydrogen (secondary N) is 1. The van der Waals surface area contributed by atoms with Gasteiger partial charge in [0.2, 0.25) is 0 Å². The topological polar surface area (TPSA) is 38.3 Å². The van der Waals surface area contributed by atoms with E-state index in [9.17, 15) is 4.79 Å². The molecule has 1 N–H and O–H groups in total. The van der Waals surface area contributed by atoms with Gasteiger partial charge in [-0.25, -0.2) is 4.79 Å². The number of allylic oxidation sites excluding steroid dienone is 1. The Balaban J connectivity index is 3.50. The van der Waals surface area contributed by atoms with Gasteiger partial charge in [0.05, 0.1) is 0 Å². The molecule has 82 valence electrons. The van der Waals surface area contributed by atoms with Crippen LogP contribution in [0.25, 0.3) is 0 Å². The van der Waals surface area contributed by atoms with E-state index in [1.54, 1.807) is 0 Å². The Hall–Kier alpha value is -0.510. The van der Waals surface area contributed by atoms with Crippen LogP contribution in [-0.2, 0) is 4.74 Å². The first-order valence-corrected chi connectivity index (χ1v) is 5.75. The van der Waals surface area contributed by atoms with Crippen LogP contribution < -0.4 is 5.32 Å². The first-order valence-electron chi connectivity index (χ1n) is 4.63. The van der Waals surface area contributed by atoms with Crippen molar-refractivity contribution in [2.24, 2.45) is 0 Å². The summed E-state index contributed by atoms with van der Waals surface area (Å²) in [5, 5.41) is 3.52. The summed E-state index contributed by atoms with van der Waals surface area (Å²) in [6.45, 7) is 6.14. The first-order chi connectivity index (χ1) is 6.45. The van der Waals surface area contributed by atoms with Crippen LogP contribution in [0, 0.1) is 0 Å². The number of hydrogen-bond acceptors (Lipinski definition) is 2. The summed E-state index contributed by atoms with van der Waals surface area (Å²) in [7, 11) is 0. The fraction of sp³-hybridized carbons (Fsp3) is 0.700. The molecule has 0 aliphatic carbocycles. The zero-order valence-corrected chi connectivity index (χ0v) is 10.6. The largest absolute Gasteiger partial charge is 0.444 e. The second-order valence-corrected chi connectivity index (χ2v) is 4.49. The summed E-state index contributed by atoms with van der Waals surface area (Å²) < 4.78 is 5.06. The van der Waals surface area contributed by atoms with Crippen molar-refractivity contribution in [1.82, 2.24) is 5.32 Å². The third-order valence-corrected chi connectivity index (χ3v) is 1.61. The van der Waals surface area contributed by atoms with Crippen molar-refractivity contribution in [1.29, 1.82) is 0 Å². The molecular formula is C10H18BrNO2. The molecule has 0 spiro atoms. The van der Waals surface area contributed by atoms with Crippen molar-refractivity contribution in [3.05, 3.63) is 12.2 Å². The lowest BCUT2D eigenvalue weighted by molar-refractivity contribution is 0.0529. The van der Waals surface area contributed by atoms with Crippen LogP contribution in [0.15, 0.2) is 12.2 Å². The molecule has 0 fully saturated rings. The molecule has 0 atom stereocenters. The summed E-state index contributed by atoms with van der Waals surface area (Å²) in [6.07, 6.45) is 4.47. The van der Waals surface area contributed by atoms with Crippen LogP contribution >= 0.6 is 15.9 Å². The van der Waals surface area contributed by atoms with E-state index in [0.717, 1.165) is 11.8 Å². The van der Waals surface area contributed by atoms with E-state index in [1.165, 1.54) is 0 Å². The second kappa shape index (κ2) is 6.87. The third-order valence-electron chi connectivity index (χ3n) is 1.23. The lowest BCUT2D eigenvalue weighted by Gasteiger charge is -2.19. The van der Waals surface area contributed by atoms with Gasteiger partial charge in [0.25, 0.3) is 0 Å². The maximum absolute atomic E-state index is 11.1. The molecule has 0 aromatic carbocycles. The standard InChI is InChI=1S/C10H18BrNO2/c1-10(2,3)14-9(13)12-8-6-4-5-7-11/h4-5H,6-8H2,1-3H3,(H,12,13)/b5-4+. The third kappa shape index (κ3) is 9.58. The van der Waals surface area contributed by atoms with E-state index in [4.69, 9.17) is 4.74 Å². The molecule has 0 heterocycles. The zero-order valence-electron chi connectivity index (χ0n) is 8.97. The average Bonchev–Trinajstić information content (AvgIpc) is 2.00. The van der Waals surface area contributed by atoms with E-state index in [-0.39, 0.29) is 6.09 Å². The lowest BCUT2D eigenvalue weighted by atomic mass is 10.2. The Morgan fingerprint density at radius 1 is 1.43 bits per heavy atom. The Kier molecular flexibility index (Phi) is 6.62. The van der Waals surface area contributed by atoms with Crippen molar-refractivity contribution < 1.29 is 9.53 Å². The molecule has 4 heteroatoms. The minimum Gasteiger partial charge on any atom is -0.444 e. The number of hydrogen-bond donors (Lipinski definition) is 1. The van der Waals surface area contributed by atoms with Gasteiger partial charge in [-0.1, -0.05) is 28.1 Å². The lowest BCUT2D eigenvalue weighted by Crippen LogP contribution is -2.32. The van der Waals surface area contributed by atoms with Crippen molar-refractivity contribution in [3.63, 3.8) is 0 Å². The van der Waals surface area contributed by atoms with Crippen molar-refractivity contribution >= 4 is 22.0 Å². The Labute approximate surface area is 94.0 Å². The molecule has 0 radical (unpaired) electrons. The molecule has 0 rings (SSSR count). The average molecular weight is 264 g/mol. The van der Waals surface area contributed by atoms with Crippen LogP contribution in [0.2, 0.25) is 0 Å². The van der Waals surface area contributed by atoms with E-state index in [1.807, 2.05) is 32.9 Å². The minimum absolute atomic E-state index is 0.357. The fourth-order valence-corrected chi connectivity index (χ4v) is 1.02. The quantitative estimate of drug-likeness (QED) is 0.481. The van der Waals surface area contributed by atoms with Crippen LogP contribution in [0.3, 0.4) is 0 Å². The van der Waals surface area contributed by atoms with Gasteiger partial charge in [-0.2, -0.15) is 0 Å². The molecular weight excluding hydrogens is 246 g/mol. The van der Waals surface area contributed by atoms with Gasteiger partial charge in [-0.15, -0.1) is 0 Å². The predicted molar refractivity (Wildman–Crippen MR) is 61.8 cm³/mol. The van der Waals surface area contributed by atoms with Crippen molar-refractivity contribution in [2.75, 3.05) is 11.9 Å². The van der Waals surface area contributed by atoms with Crippen molar-refractivity contribution in [2.45, 2.75) is 32.8 Å². The van der Waals surface area contributed by atoms with Crippen LogP contribution in [0.5, 0.6) is 0 Å². The normalized spacial score (nSPS) is 11.7. The fourth-order valence-electron chi connectivity index (χ4n) is 0.753. The molecule has 0 aliphatic rings. The van der Waals surface area contributed by atoms with Crippen LogP contribution in [-0.4, -0.2) is 23.6 Å². The van der Waals surface area contributed by atoms with Gasteiger partial charge in [-0.3, -0.25) is 0 Å². The molecule has 0 bridgehead atoms. The molecule has 0 saturated carbocycles. The second-order valence-electron chi connectivity index (χ2n) is 3.84. The summed E-state index contributed by atoms with van der Waals surface area (Å²) in [6, 6.07) is 0. The molecule has 0 aromatic rings. The molecule has 0 aromatic heterocycles. The Bertz CT molecular complexity index is 197. The van der Waals surface area contributed by atoms with E-state index in [2.05, 4.69) is 21.2 Å². The van der Waals surface area contributed by atoms with Crippen molar-refractivity contribution in [3.8, 4) is 0 Å². The van der Waals surface area contributed by atoms with Crippen LogP contribution in [0.1, 0.15) is 27.2 Å². The number of halogens is 1. The van der Waals surface area contributed by atoms with E-state index >= 15 is 0 Å². The van der Waals surface area contributed by atoms with Gasteiger partial charge >= 0.3 is 6.09 Å². The monoisotopic (exact) mass is 263 g/mol. The minimum atomic E-state index is -0.421. The molecule has 1 amide bonds. The SMILES string of the molecule is CC(C)(C)OC(=O)NCC/C=C/CBr. The van der Waals surface area contributed by atoms with Gasteiger partial charge in [0, 0.05) is 11.9 Å². The van der Waals surface area contributed by atoms with Gasteiger partial charge < -0.3 is 10.1 Å². The highest BCUT2D eigenvalue weighted by atomic mass is 79.9. The molecule has 0 unspecified atom stereocenters. The molecule has 0 saturated heterocycles. The summed E-state index contributed by atoms with van der Waals surface area (Å²) in [4.78, 5) is 11.1. The predicted octanol–water partition coefficient (Wildman–Crippen LogP) is 2.85. The number of carbonyl (C=O) groups is 1. The summed E-state index contributed by atoms with van der Waals surface area (Å²) >= 11 is 3.27. The van der Waals surface area contributed by atoms with E-state index in [0.29, 0.717) is 6.54 Å². The smallest absolute Gasteiger partial charge is 0.407 e. The number of rotatable bonds is 4. The van der Waals surface area contributed by atoms with Gasteiger partial charge in [-0.05, 0) is 27.2 Å². The van der Waals surface area contributed by atoms with Gasteiger partial charge in [0.1, 0.15) is 5.60 Å². The number of carbonyl (C=O) groups excluding carboxylic acids is 1. The van der Waals surface area contributed by atoms with Gasteiger partial charge in [0.15, 0.2) is 0 Å². The number of alkyl carbamates (subject to hydrolysis) is 1. The first kappa shape index (κ1) is 13.5. The van der Waals surface area contributed by atoms with E-state index < -0.39 is 5.60 Å². The Morgan fingerprint density at radius 2 is 2.07 bits per heavy atom. The number of amides is 1. The maximum atomic E-state index is 11.1. The Morgan fingerprint density at radius 3 is 2.57 bits per heavy atom. The van der Waals surface area contributed by atoms with Crippen LogP contribution in [0.4, 0.5) is 4.79 Å². The number of ether oxygens (including phenoxy) is 1.